The molecule has 2 aromatic carbocycles. The van der Waals surface area contributed by atoms with E-state index < -0.39 is 17.7 Å². The van der Waals surface area contributed by atoms with E-state index in [9.17, 15) is 8.78 Å². The van der Waals surface area contributed by atoms with Crippen molar-refractivity contribution in [2.24, 2.45) is 0 Å². The first-order chi connectivity index (χ1) is 14.0. The van der Waals surface area contributed by atoms with Gasteiger partial charge >= 0.3 is 0 Å². The van der Waals surface area contributed by atoms with Gasteiger partial charge in [-0.25, -0.2) is 8.78 Å². The summed E-state index contributed by atoms with van der Waals surface area (Å²) < 4.78 is 30.2. The molecule has 1 atom stereocenters. The molecule has 2 heterocycles. The Labute approximate surface area is 166 Å². The van der Waals surface area contributed by atoms with Gasteiger partial charge in [0.1, 0.15) is 17.5 Å². The van der Waals surface area contributed by atoms with Gasteiger partial charge in [0.15, 0.2) is 11.5 Å². The Hall–Kier alpha value is -3.39. The minimum atomic E-state index is -0.570. The average molecular weight is 394 g/mol. The molecular weight excluding hydrogens is 374 g/mol. The summed E-state index contributed by atoms with van der Waals surface area (Å²) in [6.45, 7) is 0.270. The third-order valence-corrected chi connectivity index (χ3v) is 4.73. The molecule has 0 aliphatic heterocycles. The first-order valence-electron chi connectivity index (χ1n) is 9.16. The Balaban J connectivity index is 1.62. The number of rotatable bonds is 6. The highest BCUT2D eigenvalue weighted by molar-refractivity contribution is 5.59. The molecule has 148 valence electrons. The van der Waals surface area contributed by atoms with Crippen LogP contribution in [0.4, 0.5) is 14.6 Å². The van der Waals surface area contributed by atoms with Crippen LogP contribution in [-0.4, -0.2) is 45.4 Å². The van der Waals surface area contributed by atoms with Crippen LogP contribution in [0.3, 0.4) is 0 Å². The van der Waals surface area contributed by atoms with Gasteiger partial charge in [-0.1, -0.05) is 36.4 Å². The first-order valence-corrected chi connectivity index (χ1v) is 9.16. The lowest BCUT2D eigenvalue weighted by Crippen LogP contribution is -2.29. The van der Waals surface area contributed by atoms with Crippen molar-refractivity contribution in [3.63, 3.8) is 0 Å². The number of aromatic nitrogens is 4. The van der Waals surface area contributed by atoms with Gasteiger partial charge in [0.25, 0.3) is 0 Å². The maximum absolute atomic E-state index is 14.3. The van der Waals surface area contributed by atoms with Crippen LogP contribution in [0.2, 0.25) is 0 Å². The number of nitrogens with one attached hydrogen (secondary N) is 1. The summed E-state index contributed by atoms with van der Waals surface area (Å²) in [7, 11) is 3.56. The smallest absolute Gasteiger partial charge is 0.185 e. The zero-order valence-corrected chi connectivity index (χ0v) is 16.0. The predicted octanol–water partition coefficient (Wildman–Crippen LogP) is 3.78. The minimum absolute atomic E-state index is 0.0281. The lowest BCUT2D eigenvalue weighted by molar-refractivity contribution is 0.295. The fourth-order valence-electron chi connectivity index (χ4n) is 3.22. The average Bonchev–Trinajstić information content (AvgIpc) is 3.14. The maximum atomic E-state index is 14.3. The number of hydrogen-bond donors (Lipinski definition) is 1. The van der Waals surface area contributed by atoms with Gasteiger partial charge in [0.05, 0.1) is 6.04 Å². The summed E-state index contributed by atoms with van der Waals surface area (Å²) in [5.74, 6) is 0.0322. The zero-order chi connectivity index (χ0) is 20.4. The van der Waals surface area contributed by atoms with Crippen molar-refractivity contribution in [3.05, 3.63) is 77.9 Å². The molecule has 0 aliphatic rings. The van der Waals surface area contributed by atoms with Crippen LogP contribution in [-0.2, 0) is 0 Å². The molecule has 1 unspecified atom stereocenters. The summed E-state index contributed by atoms with van der Waals surface area (Å²) >= 11 is 0. The van der Waals surface area contributed by atoms with Crippen molar-refractivity contribution in [1.29, 1.82) is 0 Å². The molecule has 1 N–H and O–H groups in total. The molecule has 0 amide bonds. The second kappa shape index (κ2) is 7.92. The monoisotopic (exact) mass is 394 g/mol. The molecule has 0 saturated heterocycles. The molecule has 29 heavy (non-hydrogen) atoms. The quantitative estimate of drug-likeness (QED) is 0.539. The van der Waals surface area contributed by atoms with Gasteiger partial charge in [0, 0.05) is 17.7 Å². The van der Waals surface area contributed by atoms with Crippen LogP contribution in [0.1, 0.15) is 11.6 Å². The van der Waals surface area contributed by atoms with Crippen molar-refractivity contribution in [1.82, 2.24) is 24.7 Å². The molecule has 0 saturated carbocycles. The van der Waals surface area contributed by atoms with Gasteiger partial charge in [-0.3, -0.25) is 0 Å². The number of anilines is 1. The number of hydrogen-bond acceptors (Lipinski definition) is 5. The SMILES string of the molecule is CN(C)C(CNc1ccc2nnc(-c3ccccc3)n2n1)c1c(F)cccc1F. The molecule has 0 fully saturated rings. The van der Waals surface area contributed by atoms with E-state index in [2.05, 4.69) is 20.6 Å². The highest BCUT2D eigenvalue weighted by atomic mass is 19.1. The Kier molecular flexibility index (Phi) is 5.18. The van der Waals surface area contributed by atoms with Gasteiger partial charge in [-0.2, -0.15) is 4.52 Å². The summed E-state index contributed by atoms with van der Waals surface area (Å²) in [5.41, 5.74) is 1.53. The standard InChI is InChI=1S/C21H20F2N6/c1-28(2)17(20-15(22)9-6-10-16(20)23)13-24-18-11-12-19-25-26-21(29(19)27-18)14-7-4-3-5-8-14/h3-12,17H,13H2,1-2H3,(H,24,27). The Morgan fingerprint density at radius 3 is 2.34 bits per heavy atom. The van der Waals surface area contributed by atoms with E-state index in [0.717, 1.165) is 5.56 Å². The molecule has 0 spiro atoms. The first kappa shape index (κ1) is 18.9. The van der Waals surface area contributed by atoms with Crippen molar-refractivity contribution in [2.75, 3.05) is 26.0 Å². The molecule has 4 aromatic rings. The molecule has 0 aliphatic carbocycles. The normalized spacial score (nSPS) is 12.4. The molecule has 6 nitrogen and oxygen atoms in total. The molecule has 4 rings (SSSR count). The zero-order valence-electron chi connectivity index (χ0n) is 16.0. The van der Waals surface area contributed by atoms with Crippen molar-refractivity contribution >= 4 is 11.5 Å². The van der Waals surface area contributed by atoms with Crippen LogP contribution < -0.4 is 5.32 Å². The Bertz CT molecular complexity index is 1110. The summed E-state index contributed by atoms with van der Waals surface area (Å²) in [6.07, 6.45) is 0. The van der Waals surface area contributed by atoms with Crippen molar-refractivity contribution < 1.29 is 8.78 Å². The highest BCUT2D eigenvalue weighted by Crippen LogP contribution is 2.25. The van der Waals surface area contributed by atoms with Crippen LogP contribution in [0.5, 0.6) is 0 Å². The number of halogens is 2. The Morgan fingerprint density at radius 2 is 1.66 bits per heavy atom. The number of benzene rings is 2. The van der Waals surface area contributed by atoms with E-state index in [4.69, 9.17) is 0 Å². The van der Waals surface area contributed by atoms with Crippen LogP contribution in [0.25, 0.3) is 17.0 Å². The van der Waals surface area contributed by atoms with Gasteiger partial charge in [-0.15, -0.1) is 15.3 Å². The highest BCUT2D eigenvalue weighted by Gasteiger charge is 2.22. The predicted molar refractivity (Wildman–Crippen MR) is 107 cm³/mol. The molecule has 0 bridgehead atoms. The topological polar surface area (TPSA) is 58.3 Å². The second-order valence-electron chi connectivity index (χ2n) is 6.87. The van der Waals surface area contributed by atoms with Gasteiger partial charge < -0.3 is 10.2 Å². The van der Waals surface area contributed by atoms with E-state index in [1.54, 1.807) is 35.6 Å². The summed E-state index contributed by atoms with van der Waals surface area (Å²) in [6, 6.07) is 16.6. The van der Waals surface area contributed by atoms with E-state index in [-0.39, 0.29) is 12.1 Å². The van der Waals surface area contributed by atoms with Gasteiger partial charge in [-0.05, 0) is 38.4 Å². The fraction of sp³-hybridized carbons (Fsp3) is 0.190. The number of nitrogens with zero attached hydrogens (tertiary/aromatic N) is 5. The van der Waals surface area contributed by atoms with Gasteiger partial charge in [0.2, 0.25) is 0 Å². The lowest BCUT2D eigenvalue weighted by Gasteiger charge is -2.26. The van der Waals surface area contributed by atoms with Crippen LogP contribution >= 0.6 is 0 Å². The largest absolute Gasteiger partial charge is 0.367 e. The maximum Gasteiger partial charge on any atom is 0.185 e. The molecule has 8 heteroatoms. The fourth-order valence-corrected chi connectivity index (χ4v) is 3.22. The molecular formula is C21H20F2N6. The van der Waals surface area contributed by atoms with E-state index in [1.807, 2.05) is 30.3 Å². The van der Waals surface area contributed by atoms with Crippen molar-refractivity contribution in [3.8, 4) is 11.4 Å². The third-order valence-electron chi connectivity index (χ3n) is 4.73. The molecule has 2 aromatic heterocycles. The summed E-state index contributed by atoms with van der Waals surface area (Å²) in [5, 5.41) is 16.1. The minimum Gasteiger partial charge on any atom is -0.367 e. The third kappa shape index (κ3) is 3.79. The Morgan fingerprint density at radius 1 is 0.931 bits per heavy atom. The number of likely N-dealkylation sites (N-methyl/N-ethyl adjacent to an activating group) is 1. The number of fused-ring (bicyclic) bond motifs is 1. The second-order valence-corrected chi connectivity index (χ2v) is 6.87. The van der Waals surface area contributed by atoms with Crippen molar-refractivity contribution in [2.45, 2.75) is 6.04 Å². The van der Waals surface area contributed by atoms with Crippen LogP contribution in [0, 0.1) is 11.6 Å². The van der Waals surface area contributed by atoms with E-state index in [1.165, 1.54) is 18.2 Å². The van der Waals surface area contributed by atoms with E-state index >= 15 is 0 Å². The van der Waals surface area contributed by atoms with Crippen LogP contribution in [0.15, 0.2) is 60.7 Å². The summed E-state index contributed by atoms with van der Waals surface area (Å²) in [4.78, 5) is 1.77. The molecule has 0 radical (unpaired) electrons. The van der Waals surface area contributed by atoms with E-state index in [0.29, 0.717) is 17.3 Å². The lowest BCUT2D eigenvalue weighted by atomic mass is 10.0.